The Morgan fingerprint density at radius 1 is 1.03 bits per heavy atom. The minimum absolute atomic E-state index is 0.0288. The highest BCUT2D eigenvalue weighted by Crippen LogP contribution is 2.16. The Balaban J connectivity index is 1.69. The number of aryl methyl sites for hydroxylation is 2. The van der Waals surface area contributed by atoms with Gasteiger partial charge in [0.2, 0.25) is 10.0 Å². The summed E-state index contributed by atoms with van der Waals surface area (Å²) in [5.74, 6) is 0. The fourth-order valence-corrected chi connectivity index (χ4v) is 4.19. The van der Waals surface area contributed by atoms with Gasteiger partial charge in [0, 0.05) is 23.3 Å². The van der Waals surface area contributed by atoms with E-state index in [0.29, 0.717) is 40.3 Å². The summed E-state index contributed by atoms with van der Waals surface area (Å²) >= 11 is 5.92. The first-order valence-electron chi connectivity index (χ1n) is 9.38. The number of halogens is 1. The lowest BCUT2D eigenvalue weighted by Gasteiger charge is -2.10. The van der Waals surface area contributed by atoms with Gasteiger partial charge in [0.1, 0.15) is 0 Å². The molecule has 0 saturated carbocycles. The predicted molar refractivity (Wildman–Crippen MR) is 119 cm³/mol. The van der Waals surface area contributed by atoms with Crippen LogP contribution in [0.3, 0.4) is 0 Å². The van der Waals surface area contributed by atoms with Crippen LogP contribution < -0.4 is 16.3 Å². The Kier molecular flexibility index (Phi) is 5.34. The number of aromatic nitrogens is 3. The molecule has 0 saturated heterocycles. The predicted octanol–water partition coefficient (Wildman–Crippen LogP) is 2.33. The van der Waals surface area contributed by atoms with E-state index in [1.54, 1.807) is 43.3 Å². The number of nitrogens with one attached hydrogen (secondary N) is 1. The Morgan fingerprint density at radius 2 is 1.68 bits per heavy atom. The number of hydrogen-bond acceptors (Lipinski definition) is 4. The second-order valence-electron chi connectivity index (χ2n) is 7.18. The van der Waals surface area contributed by atoms with Gasteiger partial charge in [-0.25, -0.2) is 18.2 Å². The highest BCUT2D eigenvalue weighted by Gasteiger charge is 2.15. The van der Waals surface area contributed by atoms with Crippen LogP contribution in [-0.2, 0) is 23.0 Å². The lowest BCUT2D eigenvalue weighted by atomic mass is 10.1. The topological polar surface area (TPSA) is 120 Å². The number of rotatable bonds is 5. The number of benzene rings is 2. The van der Waals surface area contributed by atoms with Gasteiger partial charge in [0.25, 0.3) is 11.1 Å². The quantitative estimate of drug-likeness (QED) is 0.476. The van der Waals surface area contributed by atoms with Gasteiger partial charge in [0.05, 0.1) is 21.5 Å². The van der Waals surface area contributed by atoms with Gasteiger partial charge in [0.15, 0.2) is 0 Å². The molecule has 2 aromatic heterocycles. The molecule has 0 aliphatic carbocycles. The molecule has 0 radical (unpaired) electrons. The van der Waals surface area contributed by atoms with Crippen LogP contribution in [0.15, 0.2) is 69.1 Å². The standard InChI is InChI=1S/C21H19ClN4O4S/c1-13-20-18(24-26(21(20)28)16-6-4-15(22)5-7-16)12-19(27)25(13)11-10-14-2-8-17(9-3-14)31(23,29)30/h2-9,12,24H,10-11H2,1H3,(H2,23,29,30). The number of aromatic amines is 1. The summed E-state index contributed by atoms with van der Waals surface area (Å²) in [4.78, 5) is 25.7. The number of nitrogens with two attached hydrogens (primary N) is 1. The van der Waals surface area contributed by atoms with Crippen molar-refractivity contribution < 1.29 is 8.42 Å². The summed E-state index contributed by atoms with van der Waals surface area (Å²) in [6.45, 7) is 2.07. The van der Waals surface area contributed by atoms with E-state index >= 15 is 0 Å². The van der Waals surface area contributed by atoms with E-state index in [0.717, 1.165) is 5.56 Å². The number of nitrogens with zero attached hydrogens (tertiary/aromatic N) is 2. The third kappa shape index (κ3) is 4.07. The maximum atomic E-state index is 13.0. The van der Waals surface area contributed by atoms with E-state index in [-0.39, 0.29) is 16.0 Å². The van der Waals surface area contributed by atoms with Crippen LogP contribution in [0.2, 0.25) is 5.02 Å². The smallest absolute Gasteiger partial charge is 0.280 e. The maximum Gasteiger partial charge on any atom is 0.280 e. The molecule has 0 bridgehead atoms. The molecule has 0 aliphatic rings. The van der Waals surface area contributed by atoms with Gasteiger partial charge in [-0.15, -0.1) is 0 Å². The average Bonchev–Trinajstić information content (AvgIpc) is 3.04. The molecule has 31 heavy (non-hydrogen) atoms. The number of pyridine rings is 1. The fraction of sp³-hybridized carbons (Fsp3) is 0.143. The highest BCUT2D eigenvalue weighted by molar-refractivity contribution is 7.89. The molecule has 160 valence electrons. The summed E-state index contributed by atoms with van der Waals surface area (Å²) in [7, 11) is -3.76. The van der Waals surface area contributed by atoms with Gasteiger partial charge in [-0.1, -0.05) is 23.7 Å². The molecule has 10 heteroatoms. The van der Waals surface area contributed by atoms with Gasteiger partial charge < -0.3 is 4.57 Å². The van der Waals surface area contributed by atoms with Crippen molar-refractivity contribution in [2.24, 2.45) is 5.14 Å². The van der Waals surface area contributed by atoms with E-state index in [1.807, 2.05) is 0 Å². The zero-order chi connectivity index (χ0) is 22.3. The van der Waals surface area contributed by atoms with Crippen LogP contribution >= 0.6 is 11.6 Å². The minimum Gasteiger partial charge on any atom is -0.312 e. The van der Waals surface area contributed by atoms with Crippen LogP contribution in [-0.4, -0.2) is 22.8 Å². The molecule has 4 rings (SSSR count). The maximum absolute atomic E-state index is 13.0. The third-order valence-electron chi connectivity index (χ3n) is 5.18. The second-order valence-corrected chi connectivity index (χ2v) is 9.17. The summed E-state index contributed by atoms with van der Waals surface area (Å²) in [5.41, 5.74) is 1.95. The molecule has 0 fully saturated rings. The van der Waals surface area contributed by atoms with E-state index in [4.69, 9.17) is 16.7 Å². The van der Waals surface area contributed by atoms with Crippen LogP contribution in [0.4, 0.5) is 0 Å². The Bertz CT molecular complexity index is 1500. The van der Waals surface area contributed by atoms with Gasteiger partial charge in [-0.2, -0.15) is 0 Å². The van der Waals surface area contributed by atoms with Crippen molar-refractivity contribution in [2.45, 2.75) is 24.8 Å². The number of hydrogen-bond donors (Lipinski definition) is 2. The number of primary sulfonamides is 1. The lowest BCUT2D eigenvalue weighted by Crippen LogP contribution is -2.24. The molecular formula is C21H19ClN4O4S. The molecule has 8 nitrogen and oxygen atoms in total. The molecule has 0 atom stereocenters. The molecule has 3 N–H and O–H groups in total. The van der Waals surface area contributed by atoms with Crippen LogP contribution in [0.25, 0.3) is 16.6 Å². The number of H-pyrrole nitrogens is 1. The van der Waals surface area contributed by atoms with E-state index in [9.17, 15) is 18.0 Å². The molecule has 0 unspecified atom stereocenters. The first-order chi connectivity index (χ1) is 14.6. The summed E-state index contributed by atoms with van der Waals surface area (Å²) in [6, 6.07) is 14.4. The molecule has 2 heterocycles. The third-order valence-corrected chi connectivity index (χ3v) is 6.36. The fourth-order valence-electron chi connectivity index (χ4n) is 3.55. The number of sulfonamides is 1. The van der Waals surface area contributed by atoms with Gasteiger partial charge in [-0.05, 0) is 55.3 Å². The van der Waals surface area contributed by atoms with Crippen LogP contribution in [0.5, 0.6) is 0 Å². The van der Waals surface area contributed by atoms with Crippen molar-refractivity contribution >= 4 is 32.5 Å². The molecule has 0 aliphatic heterocycles. The van der Waals surface area contributed by atoms with Crippen molar-refractivity contribution in [1.82, 2.24) is 14.3 Å². The summed E-state index contributed by atoms with van der Waals surface area (Å²) in [5, 5.41) is 9.08. The zero-order valence-corrected chi connectivity index (χ0v) is 18.1. The monoisotopic (exact) mass is 458 g/mol. The Morgan fingerprint density at radius 3 is 2.29 bits per heavy atom. The summed E-state index contributed by atoms with van der Waals surface area (Å²) < 4.78 is 25.7. The Hall–Kier alpha value is -3.14. The van der Waals surface area contributed by atoms with E-state index < -0.39 is 10.0 Å². The summed E-state index contributed by atoms with van der Waals surface area (Å²) in [6.07, 6.45) is 0.479. The van der Waals surface area contributed by atoms with Gasteiger partial charge in [-0.3, -0.25) is 14.7 Å². The van der Waals surface area contributed by atoms with Crippen molar-refractivity contribution in [2.75, 3.05) is 0 Å². The minimum atomic E-state index is -3.76. The first kappa shape index (κ1) is 21.1. The molecule has 4 aromatic rings. The van der Waals surface area contributed by atoms with E-state index in [2.05, 4.69) is 5.10 Å². The average molecular weight is 459 g/mol. The van der Waals surface area contributed by atoms with Crippen LogP contribution in [0.1, 0.15) is 11.3 Å². The zero-order valence-electron chi connectivity index (χ0n) is 16.5. The normalized spacial score (nSPS) is 11.8. The first-order valence-corrected chi connectivity index (χ1v) is 11.3. The van der Waals surface area contributed by atoms with Crippen molar-refractivity contribution in [3.05, 3.63) is 91.6 Å². The molecular weight excluding hydrogens is 440 g/mol. The molecule has 2 aromatic carbocycles. The molecule has 0 spiro atoms. The number of fused-ring (bicyclic) bond motifs is 1. The molecule has 0 amide bonds. The largest absolute Gasteiger partial charge is 0.312 e. The second kappa shape index (κ2) is 7.84. The highest BCUT2D eigenvalue weighted by atomic mass is 35.5. The van der Waals surface area contributed by atoms with Crippen molar-refractivity contribution in [1.29, 1.82) is 0 Å². The van der Waals surface area contributed by atoms with Crippen LogP contribution in [0, 0.1) is 6.92 Å². The van der Waals surface area contributed by atoms with Crippen molar-refractivity contribution in [3.63, 3.8) is 0 Å². The lowest BCUT2D eigenvalue weighted by molar-refractivity contribution is 0.597. The SMILES string of the molecule is Cc1c2c(=O)n(-c3ccc(Cl)cc3)[nH]c2cc(=O)n1CCc1ccc(S(N)(=O)=O)cc1. The Labute approximate surface area is 182 Å². The van der Waals surface area contributed by atoms with Gasteiger partial charge >= 0.3 is 0 Å². The van der Waals surface area contributed by atoms with Crippen molar-refractivity contribution in [3.8, 4) is 5.69 Å². The van der Waals surface area contributed by atoms with E-state index in [1.165, 1.54) is 27.4 Å².